The summed E-state index contributed by atoms with van der Waals surface area (Å²) in [6.45, 7) is 4.34. The second kappa shape index (κ2) is 10.1. The summed E-state index contributed by atoms with van der Waals surface area (Å²) >= 11 is 0. The minimum Gasteiger partial charge on any atom is -0.354 e. The van der Waals surface area contributed by atoms with Crippen LogP contribution in [0, 0.1) is 13.8 Å². The Morgan fingerprint density at radius 3 is 2.42 bits per heavy atom. The molecule has 0 radical (unpaired) electrons. The van der Waals surface area contributed by atoms with Gasteiger partial charge in [0.25, 0.3) is 0 Å². The fourth-order valence-corrected chi connectivity index (χ4v) is 3.39. The first-order valence-electron chi connectivity index (χ1n) is 9.57. The van der Waals surface area contributed by atoms with Crippen molar-refractivity contribution >= 4 is 11.8 Å². The number of carbonyl (C=O) groups excluding carboxylic acids is 2. The highest BCUT2D eigenvalue weighted by molar-refractivity contribution is 5.83. The number of hydrogen-bond donors (Lipinski definition) is 2. The summed E-state index contributed by atoms with van der Waals surface area (Å²) in [5.41, 5.74) is 1.20. The number of carbonyl (C=O) groups is 2. The maximum Gasteiger partial charge on any atom is 0.348 e. The predicted octanol–water partition coefficient (Wildman–Crippen LogP) is 1.60. The summed E-state index contributed by atoms with van der Waals surface area (Å²) in [5.74, 6) is -0.228. The van der Waals surface area contributed by atoms with E-state index >= 15 is 0 Å². The fourth-order valence-electron chi connectivity index (χ4n) is 3.39. The largest absolute Gasteiger partial charge is 0.354 e. The van der Waals surface area contributed by atoms with Crippen molar-refractivity contribution in [2.45, 2.75) is 77.8 Å². The zero-order valence-electron chi connectivity index (χ0n) is 15.8. The lowest BCUT2D eigenvalue weighted by Crippen LogP contribution is -2.36. The maximum absolute atomic E-state index is 12.0. The molecule has 26 heavy (non-hydrogen) atoms. The molecule has 2 amide bonds. The Kier molecular flexibility index (Phi) is 7.81. The topological polar surface area (TPSA) is 93.1 Å². The Labute approximate surface area is 154 Å². The molecule has 1 aromatic rings. The van der Waals surface area contributed by atoms with Gasteiger partial charge in [0.2, 0.25) is 11.8 Å². The average Bonchev–Trinajstić information content (AvgIpc) is 2.84. The fraction of sp³-hybridized carbons (Fsp3) is 0.684. The Morgan fingerprint density at radius 1 is 1.12 bits per heavy atom. The minimum absolute atomic E-state index is 0.0538. The maximum atomic E-state index is 12.0. The summed E-state index contributed by atoms with van der Waals surface area (Å²) in [4.78, 5) is 39.7. The molecular weight excluding hydrogens is 332 g/mol. The van der Waals surface area contributed by atoms with Crippen molar-refractivity contribution in [1.82, 2.24) is 20.2 Å². The molecule has 0 atom stereocenters. The van der Waals surface area contributed by atoms with Crippen LogP contribution in [0.1, 0.15) is 62.8 Å². The lowest BCUT2D eigenvalue weighted by Gasteiger charge is -2.16. The van der Waals surface area contributed by atoms with Crippen molar-refractivity contribution < 1.29 is 9.59 Å². The van der Waals surface area contributed by atoms with Gasteiger partial charge in [-0.3, -0.25) is 14.2 Å². The number of nitrogens with one attached hydrogen (secondary N) is 2. The van der Waals surface area contributed by atoms with Gasteiger partial charge in [-0.25, -0.2) is 4.79 Å². The van der Waals surface area contributed by atoms with Gasteiger partial charge in [0.05, 0.1) is 0 Å². The third kappa shape index (κ3) is 6.61. The van der Waals surface area contributed by atoms with Gasteiger partial charge in [0.1, 0.15) is 0 Å². The molecule has 2 rings (SSSR count). The first-order chi connectivity index (χ1) is 12.5. The van der Waals surface area contributed by atoms with Crippen LogP contribution in [0.5, 0.6) is 0 Å². The molecule has 1 saturated carbocycles. The summed E-state index contributed by atoms with van der Waals surface area (Å²) in [7, 11) is 0. The number of aryl methyl sites for hydroxylation is 2. The molecular formula is C19H30N4O3. The highest BCUT2D eigenvalue weighted by atomic mass is 16.2. The van der Waals surface area contributed by atoms with Crippen molar-refractivity contribution in [3.8, 4) is 0 Å². The standard InChI is InChI=1S/C19H30N4O3/c1-14-13-15(2)23(19(26)21-14)12-11-20-17(24)9-10-18(25)22-16-7-5-3-4-6-8-16/h13,16H,3-12H2,1-2H3,(H,20,24)(H,22,25). The van der Waals surface area contributed by atoms with Crippen LogP contribution >= 0.6 is 0 Å². The van der Waals surface area contributed by atoms with E-state index in [1.807, 2.05) is 13.0 Å². The molecule has 1 fully saturated rings. The van der Waals surface area contributed by atoms with Crippen LogP contribution < -0.4 is 16.3 Å². The number of aromatic nitrogens is 2. The van der Waals surface area contributed by atoms with Crippen LogP contribution in [0.3, 0.4) is 0 Å². The smallest absolute Gasteiger partial charge is 0.348 e. The van der Waals surface area contributed by atoms with Gasteiger partial charge in [-0.2, -0.15) is 4.98 Å². The quantitative estimate of drug-likeness (QED) is 0.721. The van der Waals surface area contributed by atoms with Gasteiger partial charge >= 0.3 is 5.69 Å². The van der Waals surface area contributed by atoms with E-state index in [2.05, 4.69) is 15.6 Å². The molecule has 2 N–H and O–H groups in total. The Balaban J connectivity index is 1.67. The molecule has 1 heterocycles. The third-order valence-electron chi connectivity index (χ3n) is 4.80. The van der Waals surface area contributed by atoms with Crippen molar-refractivity contribution in [2.24, 2.45) is 0 Å². The summed E-state index contributed by atoms with van der Waals surface area (Å²) in [5, 5.41) is 5.81. The summed E-state index contributed by atoms with van der Waals surface area (Å²) < 4.78 is 1.53. The van der Waals surface area contributed by atoms with Crippen LogP contribution in [0.4, 0.5) is 0 Å². The van der Waals surface area contributed by atoms with Crippen LogP contribution in [-0.4, -0.2) is 34.0 Å². The lowest BCUT2D eigenvalue weighted by molar-refractivity contribution is -0.126. The molecule has 144 valence electrons. The molecule has 7 nitrogen and oxygen atoms in total. The van der Waals surface area contributed by atoms with Crippen LogP contribution in [0.15, 0.2) is 10.9 Å². The number of amides is 2. The van der Waals surface area contributed by atoms with E-state index in [1.165, 1.54) is 17.4 Å². The van der Waals surface area contributed by atoms with E-state index in [0.717, 1.165) is 31.4 Å². The first kappa shape index (κ1) is 20.1. The average molecular weight is 362 g/mol. The van der Waals surface area contributed by atoms with Gasteiger partial charge in [-0.1, -0.05) is 25.7 Å². The van der Waals surface area contributed by atoms with E-state index in [0.29, 0.717) is 18.8 Å². The Hall–Kier alpha value is -2.18. The zero-order valence-corrected chi connectivity index (χ0v) is 15.8. The van der Waals surface area contributed by atoms with Gasteiger partial charge < -0.3 is 10.6 Å². The summed E-state index contributed by atoms with van der Waals surface area (Å²) in [6.07, 6.45) is 7.26. The van der Waals surface area contributed by atoms with E-state index < -0.39 is 0 Å². The summed E-state index contributed by atoms with van der Waals surface area (Å²) in [6, 6.07) is 2.10. The van der Waals surface area contributed by atoms with E-state index in [-0.39, 0.29) is 36.4 Å². The van der Waals surface area contributed by atoms with Crippen molar-refractivity contribution in [1.29, 1.82) is 0 Å². The molecule has 1 aromatic heterocycles. The first-order valence-corrected chi connectivity index (χ1v) is 9.57. The number of hydrogen-bond acceptors (Lipinski definition) is 4. The van der Waals surface area contributed by atoms with Crippen LogP contribution in [-0.2, 0) is 16.1 Å². The molecule has 0 aromatic carbocycles. The molecule has 0 spiro atoms. The SMILES string of the molecule is Cc1cc(C)n(CCNC(=O)CCC(=O)NC2CCCCCC2)c(=O)n1. The van der Waals surface area contributed by atoms with E-state index in [1.54, 1.807) is 6.92 Å². The molecule has 0 aliphatic heterocycles. The highest BCUT2D eigenvalue weighted by Crippen LogP contribution is 2.17. The lowest BCUT2D eigenvalue weighted by atomic mass is 10.1. The molecule has 7 heteroatoms. The van der Waals surface area contributed by atoms with Crippen LogP contribution in [0.2, 0.25) is 0 Å². The van der Waals surface area contributed by atoms with E-state index in [4.69, 9.17) is 0 Å². The predicted molar refractivity (Wildman–Crippen MR) is 99.8 cm³/mol. The molecule has 0 bridgehead atoms. The minimum atomic E-state index is -0.306. The highest BCUT2D eigenvalue weighted by Gasteiger charge is 2.15. The molecule has 0 saturated heterocycles. The van der Waals surface area contributed by atoms with Gasteiger partial charge in [-0.05, 0) is 32.8 Å². The van der Waals surface area contributed by atoms with Crippen LogP contribution in [0.25, 0.3) is 0 Å². The number of nitrogens with zero attached hydrogens (tertiary/aromatic N) is 2. The zero-order chi connectivity index (χ0) is 18.9. The monoisotopic (exact) mass is 362 g/mol. The van der Waals surface area contributed by atoms with Gasteiger partial charge in [-0.15, -0.1) is 0 Å². The van der Waals surface area contributed by atoms with Crippen molar-refractivity contribution in [2.75, 3.05) is 6.54 Å². The number of rotatable bonds is 7. The third-order valence-corrected chi connectivity index (χ3v) is 4.80. The van der Waals surface area contributed by atoms with Crippen molar-refractivity contribution in [3.05, 3.63) is 27.9 Å². The van der Waals surface area contributed by atoms with Gasteiger partial charge in [0.15, 0.2) is 0 Å². The molecule has 1 aliphatic carbocycles. The molecule has 1 aliphatic rings. The second-order valence-corrected chi connectivity index (χ2v) is 7.08. The second-order valence-electron chi connectivity index (χ2n) is 7.08. The Bertz CT molecular complexity index is 676. The normalized spacial score (nSPS) is 15.3. The van der Waals surface area contributed by atoms with Crippen molar-refractivity contribution in [3.63, 3.8) is 0 Å². The van der Waals surface area contributed by atoms with E-state index in [9.17, 15) is 14.4 Å². The van der Waals surface area contributed by atoms with Gasteiger partial charge in [0, 0.05) is 43.4 Å². The molecule has 0 unspecified atom stereocenters. The Morgan fingerprint density at radius 2 is 1.77 bits per heavy atom.